The fourth-order valence-electron chi connectivity index (χ4n) is 4.45. The molecule has 1 aromatic heterocycles. The Morgan fingerprint density at radius 1 is 1.36 bits per heavy atom. The number of carbonyl (C=O) groups is 2. The molecule has 2 aromatic rings. The van der Waals surface area contributed by atoms with E-state index < -0.39 is 12.1 Å². The monoisotopic (exact) mass is 506 g/mol. The minimum Gasteiger partial charge on any atom is -0.475 e. The van der Waals surface area contributed by atoms with Gasteiger partial charge in [0.1, 0.15) is 5.60 Å². The number of carboxylic acids is 1. The van der Waals surface area contributed by atoms with Gasteiger partial charge in [-0.1, -0.05) is 24.4 Å². The average Bonchev–Trinajstić information content (AvgIpc) is 3.11. The van der Waals surface area contributed by atoms with Gasteiger partial charge in [0.25, 0.3) is 0 Å². The number of amides is 1. The standard InChI is InChI=1S/C20H25ClN2O2S.C2HF3O2/c1-14(24)22-19-4-2-3-7-20(19)13-23(8-9-25-20)11-15-12-26-18-6-5-16(21)10-17(15)18;3-2(4,5)1(6)7/h5-6,10,12,19H,2-4,7-9,11,13H2,1H3,(H,22,24);(H,6,7). The first-order chi connectivity index (χ1) is 15.5. The fourth-order valence-corrected chi connectivity index (χ4v) is 5.56. The van der Waals surface area contributed by atoms with Crippen molar-refractivity contribution in [3.63, 3.8) is 0 Å². The Morgan fingerprint density at radius 2 is 2.09 bits per heavy atom. The Morgan fingerprint density at radius 3 is 2.76 bits per heavy atom. The maximum absolute atomic E-state index is 11.7. The van der Waals surface area contributed by atoms with Gasteiger partial charge in [-0.15, -0.1) is 11.3 Å². The summed E-state index contributed by atoms with van der Waals surface area (Å²) >= 11 is 7.98. The molecule has 2 aliphatic rings. The summed E-state index contributed by atoms with van der Waals surface area (Å²) in [6.07, 6.45) is -0.736. The molecule has 2 atom stereocenters. The van der Waals surface area contributed by atoms with E-state index in [2.05, 4.69) is 27.7 Å². The van der Waals surface area contributed by atoms with E-state index in [-0.39, 0.29) is 17.6 Å². The first-order valence-electron chi connectivity index (χ1n) is 10.6. The Labute approximate surface area is 198 Å². The minimum absolute atomic E-state index is 0.0375. The van der Waals surface area contributed by atoms with Crippen LogP contribution in [0.4, 0.5) is 13.2 Å². The lowest BCUT2D eigenvalue weighted by Gasteiger charge is -2.49. The molecule has 1 spiro atoms. The molecule has 0 radical (unpaired) electrons. The average molecular weight is 507 g/mol. The largest absolute Gasteiger partial charge is 0.490 e. The van der Waals surface area contributed by atoms with Gasteiger partial charge in [0.2, 0.25) is 5.91 Å². The highest BCUT2D eigenvalue weighted by atomic mass is 35.5. The van der Waals surface area contributed by atoms with Crippen molar-refractivity contribution < 1.29 is 32.6 Å². The number of thiophene rings is 1. The summed E-state index contributed by atoms with van der Waals surface area (Å²) in [6, 6.07) is 6.24. The number of morpholine rings is 1. The number of fused-ring (bicyclic) bond motifs is 1. The zero-order valence-electron chi connectivity index (χ0n) is 18.1. The molecular weight excluding hydrogens is 481 g/mol. The van der Waals surface area contributed by atoms with Crippen LogP contribution in [0.1, 0.15) is 38.2 Å². The third kappa shape index (κ3) is 6.59. The highest BCUT2D eigenvalue weighted by molar-refractivity contribution is 7.17. The van der Waals surface area contributed by atoms with E-state index >= 15 is 0 Å². The van der Waals surface area contributed by atoms with Crippen molar-refractivity contribution in [2.75, 3.05) is 19.7 Å². The number of alkyl halides is 3. The van der Waals surface area contributed by atoms with Gasteiger partial charge in [-0.3, -0.25) is 9.69 Å². The van der Waals surface area contributed by atoms with E-state index in [1.807, 2.05) is 6.07 Å². The molecule has 1 saturated heterocycles. The lowest BCUT2D eigenvalue weighted by Crippen LogP contribution is -2.63. The molecule has 4 rings (SSSR count). The molecule has 182 valence electrons. The summed E-state index contributed by atoms with van der Waals surface area (Å²) < 4.78 is 39.3. The number of carbonyl (C=O) groups excluding carboxylic acids is 1. The number of hydrogen-bond donors (Lipinski definition) is 2. The number of halogens is 4. The van der Waals surface area contributed by atoms with Crippen LogP contribution in [-0.2, 0) is 20.9 Å². The number of nitrogens with zero attached hydrogens (tertiary/aromatic N) is 1. The Hall–Kier alpha value is -1.88. The molecule has 6 nitrogen and oxygen atoms in total. The number of ether oxygens (including phenoxy) is 1. The van der Waals surface area contributed by atoms with E-state index in [9.17, 15) is 18.0 Å². The number of carboxylic acid groups (broad SMARTS) is 1. The van der Waals surface area contributed by atoms with Gasteiger partial charge in [0.05, 0.1) is 12.6 Å². The topological polar surface area (TPSA) is 78.9 Å². The Balaban J connectivity index is 0.000000383. The van der Waals surface area contributed by atoms with Crippen molar-refractivity contribution >= 4 is 44.9 Å². The summed E-state index contributed by atoms with van der Waals surface area (Å²) in [5.74, 6) is -2.72. The highest BCUT2D eigenvalue weighted by Crippen LogP contribution is 2.36. The summed E-state index contributed by atoms with van der Waals surface area (Å²) in [4.78, 5) is 23.0. The SMILES string of the molecule is CC(=O)NC1CCCCC12CN(Cc1csc3ccc(Cl)cc13)CCO2.O=C(O)C(F)(F)F. The summed E-state index contributed by atoms with van der Waals surface area (Å²) in [5.41, 5.74) is 1.09. The van der Waals surface area contributed by atoms with Crippen molar-refractivity contribution in [1.82, 2.24) is 10.2 Å². The number of rotatable bonds is 3. The molecule has 2 unspecified atom stereocenters. The number of hydrogen-bond acceptors (Lipinski definition) is 5. The first kappa shape index (κ1) is 25.7. The second kappa shape index (κ2) is 10.6. The predicted octanol–water partition coefficient (Wildman–Crippen LogP) is 4.84. The normalized spacial score (nSPS) is 23.7. The molecular formula is C22H26ClF3N2O4S. The van der Waals surface area contributed by atoms with Crippen LogP contribution in [0, 0.1) is 0 Å². The number of aliphatic carboxylic acids is 1. The molecule has 2 fully saturated rings. The van der Waals surface area contributed by atoms with Crippen molar-refractivity contribution in [3.8, 4) is 0 Å². The first-order valence-corrected chi connectivity index (χ1v) is 11.8. The minimum atomic E-state index is -5.08. The number of nitrogens with one attached hydrogen (secondary N) is 1. The van der Waals surface area contributed by atoms with Crippen LogP contribution in [0.5, 0.6) is 0 Å². The maximum Gasteiger partial charge on any atom is 0.490 e. The quantitative estimate of drug-likeness (QED) is 0.623. The van der Waals surface area contributed by atoms with Gasteiger partial charge in [-0.05, 0) is 47.4 Å². The summed E-state index contributed by atoms with van der Waals surface area (Å²) in [6.45, 7) is 5.02. The summed E-state index contributed by atoms with van der Waals surface area (Å²) in [7, 11) is 0. The van der Waals surface area contributed by atoms with E-state index in [0.29, 0.717) is 0 Å². The van der Waals surface area contributed by atoms with Crippen LogP contribution < -0.4 is 5.32 Å². The lowest BCUT2D eigenvalue weighted by atomic mass is 9.78. The van der Waals surface area contributed by atoms with Gasteiger partial charge in [0, 0.05) is 36.3 Å². The zero-order chi connectivity index (χ0) is 24.2. The molecule has 1 aromatic carbocycles. The van der Waals surface area contributed by atoms with Gasteiger partial charge >= 0.3 is 12.1 Å². The van der Waals surface area contributed by atoms with Crippen molar-refractivity contribution in [3.05, 3.63) is 34.2 Å². The van der Waals surface area contributed by atoms with Gasteiger partial charge in [0.15, 0.2) is 0 Å². The van der Waals surface area contributed by atoms with Gasteiger partial charge in [-0.2, -0.15) is 13.2 Å². The molecule has 2 N–H and O–H groups in total. The van der Waals surface area contributed by atoms with E-state index in [1.165, 1.54) is 22.1 Å². The molecule has 11 heteroatoms. The number of benzene rings is 1. The molecule has 2 heterocycles. The molecule has 1 amide bonds. The van der Waals surface area contributed by atoms with Crippen LogP contribution in [0.3, 0.4) is 0 Å². The Bertz CT molecular complexity index is 996. The van der Waals surface area contributed by atoms with Crippen LogP contribution in [0.2, 0.25) is 5.02 Å². The van der Waals surface area contributed by atoms with E-state index in [0.717, 1.165) is 50.5 Å². The fraction of sp³-hybridized carbons (Fsp3) is 0.545. The molecule has 0 bridgehead atoms. The smallest absolute Gasteiger partial charge is 0.475 e. The van der Waals surface area contributed by atoms with Crippen LogP contribution >= 0.6 is 22.9 Å². The predicted molar refractivity (Wildman–Crippen MR) is 121 cm³/mol. The second-order valence-electron chi connectivity index (χ2n) is 8.33. The van der Waals surface area contributed by atoms with E-state index in [1.54, 1.807) is 18.3 Å². The van der Waals surface area contributed by atoms with Crippen LogP contribution in [0.15, 0.2) is 23.6 Å². The maximum atomic E-state index is 11.7. The highest BCUT2D eigenvalue weighted by Gasteiger charge is 2.45. The third-order valence-electron chi connectivity index (χ3n) is 5.90. The van der Waals surface area contributed by atoms with Crippen LogP contribution in [-0.4, -0.2) is 59.4 Å². The van der Waals surface area contributed by atoms with Crippen molar-refractivity contribution in [2.24, 2.45) is 0 Å². The van der Waals surface area contributed by atoms with Gasteiger partial charge in [-0.25, -0.2) is 4.79 Å². The second-order valence-corrected chi connectivity index (χ2v) is 9.67. The van der Waals surface area contributed by atoms with Gasteiger partial charge < -0.3 is 15.2 Å². The third-order valence-corrected chi connectivity index (χ3v) is 7.14. The van der Waals surface area contributed by atoms with Crippen LogP contribution in [0.25, 0.3) is 10.1 Å². The zero-order valence-corrected chi connectivity index (χ0v) is 19.7. The molecule has 1 aliphatic carbocycles. The van der Waals surface area contributed by atoms with Crippen molar-refractivity contribution in [1.29, 1.82) is 0 Å². The molecule has 33 heavy (non-hydrogen) atoms. The lowest BCUT2D eigenvalue weighted by molar-refractivity contribution is -0.192. The Kier molecular flexibility index (Phi) is 8.26. The molecule has 1 aliphatic heterocycles. The molecule has 1 saturated carbocycles. The van der Waals surface area contributed by atoms with Crippen molar-refractivity contribution in [2.45, 2.75) is 57.0 Å². The van der Waals surface area contributed by atoms with E-state index in [4.69, 9.17) is 26.2 Å². The summed E-state index contributed by atoms with van der Waals surface area (Å²) in [5, 5.41) is 14.6.